The molecule has 0 radical (unpaired) electrons. The zero-order valence-corrected chi connectivity index (χ0v) is 18.3. The second-order valence-corrected chi connectivity index (χ2v) is 7.84. The maximum Gasteiger partial charge on any atom is 0.274 e. The molecule has 0 bridgehead atoms. The highest BCUT2D eigenvalue weighted by atomic mass is 19.1. The summed E-state index contributed by atoms with van der Waals surface area (Å²) in [6.07, 6.45) is 1.93. The van der Waals surface area contributed by atoms with E-state index >= 15 is 0 Å². The van der Waals surface area contributed by atoms with Gasteiger partial charge in [0.15, 0.2) is 0 Å². The van der Waals surface area contributed by atoms with Crippen molar-refractivity contribution in [2.75, 3.05) is 11.9 Å². The Bertz CT molecular complexity index is 1340. The Kier molecular flexibility index (Phi) is 6.67. The summed E-state index contributed by atoms with van der Waals surface area (Å²) in [6, 6.07) is 14.7. The Hall–Kier alpha value is -4.08. The van der Waals surface area contributed by atoms with Crippen molar-refractivity contribution in [3.8, 4) is 0 Å². The lowest BCUT2D eigenvalue weighted by Gasteiger charge is -2.22. The van der Waals surface area contributed by atoms with Gasteiger partial charge in [-0.05, 0) is 48.4 Å². The van der Waals surface area contributed by atoms with Crippen LogP contribution in [0.2, 0.25) is 0 Å². The molecule has 4 N–H and O–H groups in total. The number of fused-ring (bicyclic) bond motifs is 1. The highest BCUT2D eigenvalue weighted by Gasteiger charge is 2.23. The number of halogens is 1. The number of aliphatic hydroxyl groups excluding tert-OH is 2. The van der Waals surface area contributed by atoms with Crippen LogP contribution in [-0.2, 0) is 0 Å². The van der Waals surface area contributed by atoms with Crippen LogP contribution in [-0.4, -0.2) is 44.1 Å². The van der Waals surface area contributed by atoms with Gasteiger partial charge in [-0.15, -0.1) is 0 Å². The maximum atomic E-state index is 14.4. The Morgan fingerprint density at radius 1 is 1.09 bits per heavy atom. The van der Waals surface area contributed by atoms with Crippen LogP contribution in [0.25, 0.3) is 5.65 Å². The summed E-state index contributed by atoms with van der Waals surface area (Å²) in [5, 5.41) is 25.2. The summed E-state index contributed by atoms with van der Waals surface area (Å²) in [7, 11) is 0. The van der Waals surface area contributed by atoms with Crippen molar-refractivity contribution < 1.29 is 24.2 Å². The molecule has 4 rings (SSSR count). The number of amides is 2. The molecule has 9 heteroatoms. The third-order valence-electron chi connectivity index (χ3n) is 5.41. The van der Waals surface area contributed by atoms with E-state index in [2.05, 4.69) is 15.6 Å². The van der Waals surface area contributed by atoms with Crippen molar-refractivity contribution in [3.63, 3.8) is 0 Å². The van der Waals surface area contributed by atoms with E-state index < -0.39 is 36.4 Å². The van der Waals surface area contributed by atoms with Crippen LogP contribution in [0.1, 0.15) is 38.1 Å². The molecule has 2 aromatic carbocycles. The largest absolute Gasteiger partial charge is 0.394 e. The molecule has 0 aliphatic carbocycles. The average Bonchev–Trinajstić information content (AvgIpc) is 3.27. The molecule has 0 unspecified atom stereocenters. The SMILES string of the molecule is Cc1ccn2c(C(=O)Nc3cc(C(=O)N[C@@H](CO)[C@H](O)c4ccccc4)ccc3F)cnc2c1. The van der Waals surface area contributed by atoms with Gasteiger partial charge in [-0.1, -0.05) is 30.3 Å². The maximum absolute atomic E-state index is 14.4. The molecule has 2 amide bonds. The van der Waals surface area contributed by atoms with Crippen molar-refractivity contribution in [2.24, 2.45) is 0 Å². The van der Waals surface area contributed by atoms with E-state index in [1.54, 1.807) is 40.9 Å². The number of aryl methyl sites for hydroxylation is 1. The Morgan fingerprint density at radius 2 is 1.85 bits per heavy atom. The predicted octanol–water partition coefficient (Wildman–Crippen LogP) is 2.86. The number of pyridine rings is 1. The molecular formula is C25H23FN4O4. The summed E-state index contributed by atoms with van der Waals surface area (Å²) in [4.78, 5) is 29.7. The molecule has 4 aromatic rings. The van der Waals surface area contributed by atoms with E-state index in [4.69, 9.17) is 0 Å². The van der Waals surface area contributed by atoms with Gasteiger partial charge in [-0.2, -0.15) is 0 Å². The number of imidazole rings is 1. The van der Waals surface area contributed by atoms with Crippen molar-refractivity contribution in [2.45, 2.75) is 19.1 Å². The molecule has 0 fully saturated rings. The van der Waals surface area contributed by atoms with Gasteiger partial charge < -0.3 is 20.8 Å². The molecule has 2 atom stereocenters. The summed E-state index contributed by atoms with van der Waals surface area (Å²) in [5.41, 5.74) is 2.14. The number of aromatic nitrogens is 2. The lowest BCUT2D eigenvalue weighted by atomic mass is 10.0. The third kappa shape index (κ3) is 4.80. The molecule has 2 aromatic heterocycles. The van der Waals surface area contributed by atoms with Gasteiger partial charge in [0, 0.05) is 11.8 Å². The van der Waals surface area contributed by atoms with Crippen LogP contribution in [0, 0.1) is 12.7 Å². The Balaban J connectivity index is 1.51. The van der Waals surface area contributed by atoms with Crippen molar-refractivity contribution in [1.29, 1.82) is 0 Å². The second-order valence-electron chi connectivity index (χ2n) is 7.84. The molecular weight excluding hydrogens is 439 g/mol. The van der Waals surface area contributed by atoms with Crippen LogP contribution >= 0.6 is 0 Å². The molecule has 0 spiro atoms. The van der Waals surface area contributed by atoms with E-state index in [1.165, 1.54) is 18.3 Å². The first-order chi connectivity index (χ1) is 16.4. The summed E-state index contributed by atoms with van der Waals surface area (Å²) in [6.45, 7) is 1.39. The van der Waals surface area contributed by atoms with E-state index in [0.717, 1.165) is 11.6 Å². The van der Waals surface area contributed by atoms with Crippen molar-refractivity contribution in [3.05, 3.63) is 101 Å². The molecule has 8 nitrogen and oxygen atoms in total. The fraction of sp³-hybridized carbons (Fsp3) is 0.160. The smallest absolute Gasteiger partial charge is 0.274 e. The van der Waals surface area contributed by atoms with Crippen molar-refractivity contribution in [1.82, 2.24) is 14.7 Å². The number of carbonyl (C=O) groups excluding carboxylic acids is 2. The molecule has 34 heavy (non-hydrogen) atoms. The molecule has 2 heterocycles. The zero-order chi connectivity index (χ0) is 24.2. The Labute approximate surface area is 194 Å². The quantitative estimate of drug-likeness (QED) is 0.337. The van der Waals surface area contributed by atoms with Gasteiger partial charge in [0.2, 0.25) is 0 Å². The van der Waals surface area contributed by atoms with Gasteiger partial charge in [-0.3, -0.25) is 14.0 Å². The minimum absolute atomic E-state index is 0.0455. The fourth-order valence-corrected chi connectivity index (χ4v) is 3.56. The predicted molar refractivity (Wildman–Crippen MR) is 124 cm³/mol. The third-order valence-corrected chi connectivity index (χ3v) is 5.41. The standard InChI is InChI=1S/C25H23FN4O4/c1-15-9-10-30-21(13-27-22(30)11-15)25(34)28-19-12-17(7-8-18(19)26)24(33)29-20(14-31)23(32)16-5-3-2-4-6-16/h2-13,20,23,31-32H,14H2,1H3,(H,28,34)(H,29,33)/t20-,23+/m0/s1. The highest BCUT2D eigenvalue weighted by molar-refractivity contribution is 6.04. The number of nitrogens with zero attached hydrogens (tertiary/aromatic N) is 2. The van der Waals surface area contributed by atoms with Gasteiger partial charge in [0.25, 0.3) is 11.8 Å². The van der Waals surface area contributed by atoms with Gasteiger partial charge in [0.05, 0.1) is 24.5 Å². The first-order valence-corrected chi connectivity index (χ1v) is 10.6. The number of benzene rings is 2. The minimum Gasteiger partial charge on any atom is -0.394 e. The van der Waals surface area contributed by atoms with E-state index in [1.807, 2.05) is 19.1 Å². The monoisotopic (exact) mass is 462 g/mol. The summed E-state index contributed by atoms with van der Waals surface area (Å²) in [5.74, 6) is -1.96. The van der Waals surface area contributed by atoms with Crippen LogP contribution in [0.15, 0.2) is 73.1 Å². The van der Waals surface area contributed by atoms with Gasteiger partial charge in [0.1, 0.15) is 23.3 Å². The number of hydrogen-bond donors (Lipinski definition) is 4. The summed E-state index contributed by atoms with van der Waals surface area (Å²) < 4.78 is 16.0. The van der Waals surface area contributed by atoms with Crippen LogP contribution in [0.4, 0.5) is 10.1 Å². The van der Waals surface area contributed by atoms with Gasteiger partial charge in [-0.25, -0.2) is 9.37 Å². The molecule has 0 saturated carbocycles. The van der Waals surface area contributed by atoms with Crippen LogP contribution in [0.5, 0.6) is 0 Å². The van der Waals surface area contributed by atoms with E-state index in [-0.39, 0.29) is 16.9 Å². The minimum atomic E-state index is -1.14. The molecule has 0 saturated heterocycles. The molecule has 174 valence electrons. The van der Waals surface area contributed by atoms with E-state index in [0.29, 0.717) is 11.2 Å². The normalized spacial score (nSPS) is 12.8. The number of anilines is 1. The molecule has 0 aliphatic rings. The number of aliphatic hydroxyl groups is 2. The van der Waals surface area contributed by atoms with Crippen molar-refractivity contribution >= 4 is 23.1 Å². The lowest BCUT2D eigenvalue weighted by Crippen LogP contribution is -2.42. The number of hydrogen-bond acceptors (Lipinski definition) is 5. The van der Waals surface area contributed by atoms with Crippen LogP contribution < -0.4 is 10.6 Å². The zero-order valence-electron chi connectivity index (χ0n) is 18.3. The van der Waals surface area contributed by atoms with E-state index in [9.17, 15) is 24.2 Å². The van der Waals surface area contributed by atoms with Crippen LogP contribution in [0.3, 0.4) is 0 Å². The first-order valence-electron chi connectivity index (χ1n) is 10.6. The Morgan fingerprint density at radius 3 is 2.59 bits per heavy atom. The number of rotatable bonds is 7. The average molecular weight is 462 g/mol. The summed E-state index contributed by atoms with van der Waals surface area (Å²) >= 11 is 0. The topological polar surface area (TPSA) is 116 Å². The molecule has 0 aliphatic heterocycles. The lowest BCUT2D eigenvalue weighted by molar-refractivity contribution is 0.0703. The number of nitrogens with one attached hydrogen (secondary N) is 2. The highest BCUT2D eigenvalue weighted by Crippen LogP contribution is 2.20. The second kappa shape index (κ2) is 9.82. The fourth-order valence-electron chi connectivity index (χ4n) is 3.56. The number of carbonyl (C=O) groups is 2. The van der Waals surface area contributed by atoms with Gasteiger partial charge >= 0.3 is 0 Å². The first kappa shape index (κ1) is 23.1.